The first-order valence-corrected chi connectivity index (χ1v) is 8.05. The van der Waals surface area contributed by atoms with Gasteiger partial charge in [-0.3, -0.25) is 9.69 Å². The molecule has 0 radical (unpaired) electrons. The molecule has 1 aliphatic heterocycles. The molecular weight excluding hydrogens is 358 g/mol. The Kier molecular flexibility index (Phi) is 5.95. The second-order valence-electron chi connectivity index (χ2n) is 4.51. The molecule has 1 saturated heterocycles. The second-order valence-corrected chi connectivity index (χ2v) is 6.62. The Bertz CT molecular complexity index is 703. The molecule has 23 heavy (non-hydrogen) atoms. The number of carbonyl (C=O) groups is 2. The van der Waals surface area contributed by atoms with E-state index in [4.69, 9.17) is 28.9 Å². The number of halogens is 1. The number of rotatable bonds is 5. The number of aliphatic hydroxyl groups is 1. The van der Waals surface area contributed by atoms with Crippen LogP contribution < -0.4 is 5.11 Å². The van der Waals surface area contributed by atoms with Gasteiger partial charge in [0.2, 0.25) is 0 Å². The Hall–Kier alpha value is -1.67. The highest BCUT2D eigenvalue weighted by molar-refractivity contribution is 8.26. The van der Waals surface area contributed by atoms with Crippen LogP contribution in [0.4, 0.5) is 0 Å². The maximum Gasteiger partial charge on any atom is 0.266 e. The number of thiocarbonyl (C=S) groups is 1. The van der Waals surface area contributed by atoms with Crippen molar-refractivity contribution in [2.75, 3.05) is 6.61 Å². The molecular formula is C15H11ClNO4S2-. The van der Waals surface area contributed by atoms with Gasteiger partial charge in [0.15, 0.2) is 0 Å². The van der Waals surface area contributed by atoms with Crippen molar-refractivity contribution < 1.29 is 19.8 Å². The molecule has 2 rings (SSSR count). The largest absolute Gasteiger partial charge is 0.548 e. The van der Waals surface area contributed by atoms with Crippen molar-refractivity contribution in [3.8, 4) is 0 Å². The van der Waals surface area contributed by atoms with Crippen LogP contribution in [0.2, 0.25) is 0 Å². The average molecular weight is 369 g/mol. The third-order valence-corrected chi connectivity index (χ3v) is 4.50. The van der Waals surface area contributed by atoms with E-state index in [2.05, 4.69) is 0 Å². The van der Waals surface area contributed by atoms with Gasteiger partial charge >= 0.3 is 0 Å². The Labute approximate surface area is 147 Å². The van der Waals surface area contributed by atoms with Crippen LogP contribution >= 0.6 is 35.6 Å². The predicted octanol–water partition coefficient (Wildman–Crippen LogP) is 1.12. The smallest absolute Gasteiger partial charge is 0.266 e. The molecule has 5 nitrogen and oxygen atoms in total. The van der Waals surface area contributed by atoms with Crippen molar-refractivity contribution in [1.29, 1.82) is 0 Å². The quantitative estimate of drug-likeness (QED) is 0.619. The number of allylic oxidation sites excluding steroid dienone is 2. The molecule has 8 heteroatoms. The predicted molar refractivity (Wildman–Crippen MR) is 91.3 cm³/mol. The third kappa shape index (κ3) is 4.20. The minimum absolute atomic E-state index is 0.0358. The molecule has 1 fully saturated rings. The van der Waals surface area contributed by atoms with E-state index in [1.807, 2.05) is 30.3 Å². The van der Waals surface area contributed by atoms with Crippen molar-refractivity contribution in [1.82, 2.24) is 4.90 Å². The summed E-state index contributed by atoms with van der Waals surface area (Å²) in [6.07, 6.45) is 3.08. The summed E-state index contributed by atoms with van der Waals surface area (Å²) in [6, 6.07) is 7.75. The number of thioether (sulfide) groups is 1. The van der Waals surface area contributed by atoms with E-state index in [0.29, 0.717) is 5.03 Å². The van der Waals surface area contributed by atoms with Crippen LogP contribution in [0.1, 0.15) is 5.56 Å². The van der Waals surface area contributed by atoms with Crippen molar-refractivity contribution in [2.24, 2.45) is 0 Å². The average Bonchev–Trinajstić information content (AvgIpc) is 2.76. The van der Waals surface area contributed by atoms with Gasteiger partial charge in [0.05, 0.1) is 17.5 Å². The Morgan fingerprint density at radius 2 is 2.09 bits per heavy atom. The van der Waals surface area contributed by atoms with Crippen LogP contribution in [-0.4, -0.2) is 38.9 Å². The molecule has 1 atom stereocenters. The van der Waals surface area contributed by atoms with Crippen LogP contribution in [0.25, 0.3) is 6.08 Å². The third-order valence-electron chi connectivity index (χ3n) is 2.95. The highest BCUT2D eigenvalue weighted by Gasteiger charge is 2.37. The molecule has 1 aromatic carbocycles. The summed E-state index contributed by atoms with van der Waals surface area (Å²) >= 11 is 12.0. The van der Waals surface area contributed by atoms with Gasteiger partial charge in [-0.15, -0.1) is 0 Å². The maximum absolute atomic E-state index is 12.3. The summed E-state index contributed by atoms with van der Waals surface area (Å²) in [5, 5.41) is 20.4. The standard InChI is InChI=1S/C15H12ClNO4S2/c16-10(6-9-4-2-1-3-5-9)7-12-13(19)17(15(22)23-12)11(8-18)14(20)21/h1-7,11,18H,8H2,(H,20,21)/p-1/b10-6-,12-7-/t11-/m1/s1. The van der Waals surface area contributed by atoms with Crippen LogP contribution in [0.3, 0.4) is 0 Å². The van der Waals surface area contributed by atoms with E-state index in [0.717, 1.165) is 22.2 Å². The van der Waals surface area contributed by atoms with Gasteiger partial charge in [-0.25, -0.2) is 0 Å². The SMILES string of the molecule is O=C([O-])[C@@H](CO)N1C(=O)/C(=C/C(Cl)=C/c2ccccc2)SC1=S. The minimum Gasteiger partial charge on any atom is -0.548 e. The van der Waals surface area contributed by atoms with E-state index in [1.54, 1.807) is 6.08 Å². The summed E-state index contributed by atoms with van der Waals surface area (Å²) in [6.45, 7) is -0.782. The number of nitrogens with zero attached hydrogens (tertiary/aromatic N) is 1. The lowest BCUT2D eigenvalue weighted by atomic mass is 10.2. The van der Waals surface area contributed by atoms with E-state index < -0.39 is 24.5 Å². The molecule has 0 saturated carbocycles. The van der Waals surface area contributed by atoms with Gasteiger partial charge in [-0.1, -0.05) is 65.9 Å². The highest BCUT2D eigenvalue weighted by atomic mass is 35.5. The number of hydrogen-bond donors (Lipinski definition) is 1. The van der Waals surface area contributed by atoms with Crippen LogP contribution in [-0.2, 0) is 9.59 Å². The molecule has 0 spiro atoms. The molecule has 0 bridgehead atoms. The molecule has 1 aliphatic rings. The fourth-order valence-electron chi connectivity index (χ4n) is 1.89. The Morgan fingerprint density at radius 1 is 1.43 bits per heavy atom. The van der Waals surface area contributed by atoms with Gasteiger partial charge in [0.1, 0.15) is 10.4 Å². The number of aliphatic hydroxyl groups excluding tert-OH is 1. The first-order valence-electron chi connectivity index (χ1n) is 6.45. The van der Waals surface area contributed by atoms with E-state index in [9.17, 15) is 14.7 Å². The van der Waals surface area contributed by atoms with Gasteiger partial charge < -0.3 is 15.0 Å². The van der Waals surface area contributed by atoms with Crippen molar-refractivity contribution in [3.63, 3.8) is 0 Å². The fourth-order valence-corrected chi connectivity index (χ4v) is 3.53. The number of hydrogen-bond acceptors (Lipinski definition) is 6. The number of carbonyl (C=O) groups excluding carboxylic acids is 2. The van der Waals surface area contributed by atoms with Gasteiger partial charge in [-0.05, 0) is 17.7 Å². The molecule has 0 unspecified atom stereocenters. The van der Waals surface area contributed by atoms with Gasteiger partial charge in [0, 0.05) is 5.03 Å². The Balaban J connectivity index is 2.25. The number of benzene rings is 1. The zero-order chi connectivity index (χ0) is 17.0. The van der Waals surface area contributed by atoms with Crippen LogP contribution in [0.15, 0.2) is 46.3 Å². The summed E-state index contributed by atoms with van der Waals surface area (Å²) in [5.41, 5.74) is 0.854. The number of amides is 1. The van der Waals surface area contributed by atoms with Gasteiger partial charge in [-0.2, -0.15) is 0 Å². The van der Waals surface area contributed by atoms with E-state index >= 15 is 0 Å². The first-order chi connectivity index (χ1) is 10.9. The first kappa shape index (κ1) is 17.7. The lowest BCUT2D eigenvalue weighted by Crippen LogP contribution is -2.51. The molecule has 1 amide bonds. The molecule has 120 valence electrons. The van der Waals surface area contributed by atoms with Gasteiger partial charge in [0.25, 0.3) is 5.91 Å². The summed E-state index contributed by atoms with van der Waals surface area (Å²) in [4.78, 5) is 24.3. The highest BCUT2D eigenvalue weighted by Crippen LogP contribution is 2.34. The maximum atomic E-state index is 12.3. The molecule has 1 aromatic rings. The molecule has 0 aromatic heterocycles. The Morgan fingerprint density at radius 3 is 2.65 bits per heavy atom. The number of carboxylic acid groups (broad SMARTS) is 1. The topological polar surface area (TPSA) is 80.7 Å². The van der Waals surface area contributed by atoms with Crippen LogP contribution in [0.5, 0.6) is 0 Å². The zero-order valence-electron chi connectivity index (χ0n) is 11.6. The number of aliphatic carboxylic acids is 1. The van der Waals surface area contributed by atoms with Crippen molar-refractivity contribution in [2.45, 2.75) is 6.04 Å². The lowest BCUT2D eigenvalue weighted by molar-refractivity contribution is -0.311. The van der Waals surface area contributed by atoms with E-state index in [1.165, 1.54) is 6.08 Å². The fraction of sp³-hybridized carbons (Fsp3) is 0.133. The lowest BCUT2D eigenvalue weighted by Gasteiger charge is -2.25. The van der Waals surface area contributed by atoms with Crippen molar-refractivity contribution >= 4 is 57.9 Å². The summed E-state index contributed by atoms with van der Waals surface area (Å²) < 4.78 is 0.0358. The minimum atomic E-state index is -1.57. The zero-order valence-corrected chi connectivity index (χ0v) is 14.0. The molecule has 0 aliphatic carbocycles. The van der Waals surface area contributed by atoms with E-state index in [-0.39, 0.29) is 9.23 Å². The summed E-state index contributed by atoms with van der Waals surface area (Å²) in [7, 11) is 0. The van der Waals surface area contributed by atoms with Crippen LogP contribution in [0, 0.1) is 0 Å². The number of carboxylic acids is 1. The molecule has 1 heterocycles. The monoisotopic (exact) mass is 368 g/mol. The van der Waals surface area contributed by atoms with Crippen molar-refractivity contribution in [3.05, 3.63) is 51.9 Å². The molecule has 1 N–H and O–H groups in total. The summed E-state index contributed by atoms with van der Waals surface area (Å²) in [5.74, 6) is -2.20. The normalized spacial score (nSPS) is 18.6. The second kappa shape index (κ2) is 7.74.